The second-order valence-electron chi connectivity index (χ2n) is 2.49. The first-order valence-electron chi connectivity index (χ1n) is 3.42. The fraction of sp³-hybridized carbons (Fsp3) is 0.375. The lowest BCUT2D eigenvalue weighted by Gasteiger charge is -2.11. The quantitative estimate of drug-likeness (QED) is 0.490. The highest BCUT2D eigenvalue weighted by atomic mass is 16.5. The first-order chi connectivity index (χ1) is 4.86. The van der Waals surface area contributed by atoms with Gasteiger partial charge in [-0.3, -0.25) is 0 Å². The van der Waals surface area contributed by atoms with Gasteiger partial charge >= 0.3 is 0 Å². The van der Waals surface area contributed by atoms with Crippen LogP contribution in [0.15, 0.2) is 29.3 Å². The van der Waals surface area contributed by atoms with Crippen LogP contribution in [0.2, 0.25) is 0 Å². The van der Waals surface area contributed by atoms with E-state index < -0.39 is 0 Å². The van der Waals surface area contributed by atoms with Crippen LogP contribution in [-0.2, 0) is 4.74 Å². The van der Waals surface area contributed by atoms with Crippen LogP contribution in [0.5, 0.6) is 0 Å². The van der Waals surface area contributed by atoms with E-state index in [2.05, 4.69) is 11.1 Å². The van der Waals surface area contributed by atoms with Crippen molar-refractivity contribution in [3.63, 3.8) is 0 Å². The molecule has 0 fully saturated rings. The van der Waals surface area contributed by atoms with Gasteiger partial charge in [0.2, 0.25) is 0 Å². The largest absolute Gasteiger partial charge is 0.471 e. The summed E-state index contributed by atoms with van der Waals surface area (Å²) in [6.45, 7) is 1.89. The molecule has 2 atom stereocenters. The second kappa shape index (κ2) is 1.97. The van der Waals surface area contributed by atoms with Gasteiger partial charge in [0.15, 0.2) is 5.90 Å². The third kappa shape index (κ3) is 0.764. The number of hydrogen-bond donors (Lipinski definition) is 0. The molecular formula is C8H9NO. The van der Waals surface area contributed by atoms with Crippen LogP contribution < -0.4 is 0 Å². The SMILES string of the molecule is CC1=NC2C=CC=CC2O1. The molecule has 1 aliphatic carbocycles. The van der Waals surface area contributed by atoms with Crippen molar-refractivity contribution in [1.82, 2.24) is 0 Å². The van der Waals surface area contributed by atoms with E-state index in [0.29, 0.717) is 0 Å². The van der Waals surface area contributed by atoms with E-state index in [-0.39, 0.29) is 12.1 Å². The molecule has 0 saturated carbocycles. The van der Waals surface area contributed by atoms with Crippen LogP contribution in [0, 0.1) is 0 Å². The lowest BCUT2D eigenvalue weighted by atomic mass is 10.1. The number of nitrogens with zero attached hydrogens (tertiary/aromatic N) is 1. The topological polar surface area (TPSA) is 21.6 Å². The Morgan fingerprint density at radius 2 is 2.20 bits per heavy atom. The summed E-state index contributed by atoms with van der Waals surface area (Å²) in [6, 6.07) is 0.241. The summed E-state index contributed by atoms with van der Waals surface area (Å²) < 4.78 is 5.38. The van der Waals surface area contributed by atoms with Crippen molar-refractivity contribution in [1.29, 1.82) is 0 Å². The third-order valence-electron chi connectivity index (χ3n) is 1.69. The summed E-state index contributed by atoms with van der Waals surface area (Å²) in [5.74, 6) is 0.797. The monoisotopic (exact) mass is 135 g/mol. The summed E-state index contributed by atoms with van der Waals surface area (Å²) in [5, 5.41) is 0. The molecule has 0 spiro atoms. The zero-order chi connectivity index (χ0) is 6.97. The minimum Gasteiger partial charge on any atom is -0.471 e. The van der Waals surface area contributed by atoms with Gasteiger partial charge in [0.25, 0.3) is 0 Å². The average molecular weight is 135 g/mol. The number of hydrogen-bond acceptors (Lipinski definition) is 2. The first-order valence-corrected chi connectivity index (χ1v) is 3.42. The molecule has 0 radical (unpaired) electrons. The third-order valence-corrected chi connectivity index (χ3v) is 1.69. The van der Waals surface area contributed by atoms with Crippen molar-refractivity contribution in [3.05, 3.63) is 24.3 Å². The van der Waals surface area contributed by atoms with Gasteiger partial charge in [-0.05, 0) is 6.08 Å². The predicted octanol–water partition coefficient (Wildman–Crippen LogP) is 1.30. The smallest absolute Gasteiger partial charge is 0.181 e. The van der Waals surface area contributed by atoms with Crippen molar-refractivity contribution in [2.24, 2.45) is 4.99 Å². The van der Waals surface area contributed by atoms with Gasteiger partial charge in [0, 0.05) is 6.92 Å². The Morgan fingerprint density at radius 3 is 3.00 bits per heavy atom. The van der Waals surface area contributed by atoms with Crippen molar-refractivity contribution in [2.45, 2.75) is 19.1 Å². The number of allylic oxidation sites excluding steroid dienone is 2. The fourth-order valence-corrected chi connectivity index (χ4v) is 1.24. The van der Waals surface area contributed by atoms with E-state index in [4.69, 9.17) is 4.74 Å². The molecule has 2 unspecified atom stereocenters. The highest BCUT2D eigenvalue weighted by Crippen LogP contribution is 2.18. The number of aliphatic imine (C=N–C) groups is 1. The van der Waals surface area contributed by atoms with Crippen molar-refractivity contribution in [2.75, 3.05) is 0 Å². The molecule has 52 valence electrons. The zero-order valence-electron chi connectivity index (χ0n) is 5.82. The number of ether oxygens (including phenoxy) is 1. The summed E-state index contributed by atoms with van der Waals surface area (Å²) in [5.41, 5.74) is 0. The Morgan fingerprint density at radius 1 is 1.40 bits per heavy atom. The molecule has 0 aromatic rings. The van der Waals surface area contributed by atoms with Crippen LogP contribution in [0.4, 0.5) is 0 Å². The van der Waals surface area contributed by atoms with Gasteiger partial charge < -0.3 is 4.74 Å². The summed E-state index contributed by atoms with van der Waals surface area (Å²) in [7, 11) is 0. The van der Waals surface area contributed by atoms with Crippen molar-refractivity contribution < 1.29 is 4.74 Å². The standard InChI is InChI=1S/C8H9NO/c1-6-9-7-4-2-3-5-8(7)10-6/h2-5,7-8H,1H3. The molecule has 0 N–H and O–H groups in total. The maximum atomic E-state index is 5.38. The van der Waals surface area contributed by atoms with Crippen LogP contribution in [0.25, 0.3) is 0 Å². The fourth-order valence-electron chi connectivity index (χ4n) is 1.24. The maximum absolute atomic E-state index is 5.38. The van der Waals surface area contributed by atoms with E-state index in [0.717, 1.165) is 5.90 Å². The molecule has 2 rings (SSSR count). The molecule has 0 bridgehead atoms. The van der Waals surface area contributed by atoms with Crippen LogP contribution >= 0.6 is 0 Å². The molecule has 1 heterocycles. The number of fused-ring (bicyclic) bond motifs is 1. The van der Waals surface area contributed by atoms with E-state index >= 15 is 0 Å². The molecule has 2 aliphatic rings. The van der Waals surface area contributed by atoms with Gasteiger partial charge in [-0.25, -0.2) is 4.99 Å². The molecule has 1 aliphatic heterocycles. The Balaban J connectivity index is 2.24. The molecule has 2 nitrogen and oxygen atoms in total. The maximum Gasteiger partial charge on any atom is 0.181 e. The van der Waals surface area contributed by atoms with Gasteiger partial charge in [-0.1, -0.05) is 18.2 Å². The first kappa shape index (κ1) is 5.71. The van der Waals surface area contributed by atoms with Crippen LogP contribution in [0.3, 0.4) is 0 Å². The van der Waals surface area contributed by atoms with Crippen LogP contribution in [0.1, 0.15) is 6.92 Å². The molecule has 10 heavy (non-hydrogen) atoms. The molecule has 0 amide bonds. The second-order valence-corrected chi connectivity index (χ2v) is 2.49. The Labute approximate surface area is 59.9 Å². The van der Waals surface area contributed by atoms with Gasteiger partial charge in [-0.2, -0.15) is 0 Å². The molecule has 0 saturated heterocycles. The minimum absolute atomic E-state index is 0.171. The summed E-state index contributed by atoms with van der Waals surface area (Å²) >= 11 is 0. The molecular weight excluding hydrogens is 126 g/mol. The molecule has 0 aromatic heterocycles. The van der Waals surface area contributed by atoms with Gasteiger partial charge in [0.05, 0.1) is 0 Å². The van der Waals surface area contributed by atoms with E-state index in [1.807, 2.05) is 25.2 Å². The lowest BCUT2D eigenvalue weighted by molar-refractivity contribution is 0.252. The van der Waals surface area contributed by atoms with Gasteiger partial charge in [0.1, 0.15) is 12.1 Å². The highest BCUT2D eigenvalue weighted by Gasteiger charge is 2.25. The normalized spacial score (nSPS) is 35.1. The summed E-state index contributed by atoms with van der Waals surface area (Å²) in [6.07, 6.45) is 8.26. The Hall–Kier alpha value is -1.05. The van der Waals surface area contributed by atoms with Gasteiger partial charge in [-0.15, -0.1) is 0 Å². The average Bonchev–Trinajstić information content (AvgIpc) is 2.27. The van der Waals surface area contributed by atoms with Crippen molar-refractivity contribution >= 4 is 5.90 Å². The molecule has 2 heteroatoms. The minimum atomic E-state index is 0.171. The predicted molar refractivity (Wildman–Crippen MR) is 40.1 cm³/mol. The van der Waals surface area contributed by atoms with E-state index in [1.54, 1.807) is 0 Å². The summed E-state index contributed by atoms with van der Waals surface area (Å²) in [4.78, 5) is 4.27. The van der Waals surface area contributed by atoms with Crippen LogP contribution in [-0.4, -0.2) is 18.0 Å². The van der Waals surface area contributed by atoms with E-state index in [1.165, 1.54) is 0 Å². The Bertz CT molecular complexity index is 227. The lowest BCUT2D eigenvalue weighted by Crippen LogP contribution is -2.19. The number of rotatable bonds is 0. The van der Waals surface area contributed by atoms with E-state index in [9.17, 15) is 0 Å². The molecule has 0 aromatic carbocycles. The Kier molecular flexibility index (Phi) is 1.13. The zero-order valence-corrected chi connectivity index (χ0v) is 5.82. The highest BCUT2D eigenvalue weighted by molar-refractivity contribution is 5.76. The van der Waals surface area contributed by atoms with Crippen molar-refractivity contribution in [3.8, 4) is 0 Å².